The van der Waals surface area contributed by atoms with Gasteiger partial charge in [0.2, 0.25) is 10.0 Å². The van der Waals surface area contributed by atoms with Gasteiger partial charge < -0.3 is 5.11 Å². The van der Waals surface area contributed by atoms with Gasteiger partial charge in [0.15, 0.2) is 0 Å². The van der Waals surface area contributed by atoms with Gasteiger partial charge in [0.25, 0.3) is 0 Å². The molecule has 0 aliphatic carbocycles. The zero-order valence-electron chi connectivity index (χ0n) is 9.76. The molecule has 1 aromatic carbocycles. The van der Waals surface area contributed by atoms with E-state index in [0.717, 1.165) is 0 Å². The van der Waals surface area contributed by atoms with Crippen molar-refractivity contribution in [3.05, 3.63) is 28.7 Å². The quantitative estimate of drug-likeness (QED) is 0.830. The van der Waals surface area contributed by atoms with Gasteiger partial charge in [-0.25, -0.2) is 13.1 Å². The molecule has 100 valence electrons. The summed E-state index contributed by atoms with van der Waals surface area (Å²) in [5.41, 5.74) is 0. The van der Waals surface area contributed by atoms with Gasteiger partial charge in [0.1, 0.15) is 0 Å². The molecule has 18 heavy (non-hydrogen) atoms. The maximum absolute atomic E-state index is 11.9. The van der Waals surface area contributed by atoms with Crippen molar-refractivity contribution in [2.24, 2.45) is 5.92 Å². The van der Waals surface area contributed by atoms with Crippen LogP contribution in [0.2, 0.25) is 0 Å². The number of hydrogen-bond donors (Lipinski definition) is 2. The minimum Gasteiger partial charge on any atom is -0.481 e. The average molecular weight is 336 g/mol. The minimum atomic E-state index is -3.58. The Morgan fingerprint density at radius 2 is 2.17 bits per heavy atom. The molecule has 0 saturated carbocycles. The number of benzene rings is 1. The number of carbonyl (C=O) groups is 1. The van der Waals surface area contributed by atoms with Crippen LogP contribution in [0.15, 0.2) is 33.6 Å². The first kappa shape index (κ1) is 15.1. The van der Waals surface area contributed by atoms with E-state index in [9.17, 15) is 13.2 Å². The van der Waals surface area contributed by atoms with Crippen LogP contribution in [0.25, 0.3) is 0 Å². The number of rotatable bonds is 6. The van der Waals surface area contributed by atoms with Crippen molar-refractivity contribution in [2.75, 3.05) is 6.54 Å². The van der Waals surface area contributed by atoms with Crippen LogP contribution in [0.3, 0.4) is 0 Å². The van der Waals surface area contributed by atoms with E-state index >= 15 is 0 Å². The third kappa shape index (κ3) is 4.40. The van der Waals surface area contributed by atoms with Crippen molar-refractivity contribution in [3.8, 4) is 0 Å². The molecule has 0 bridgehead atoms. The van der Waals surface area contributed by atoms with E-state index in [1.807, 2.05) is 0 Å². The van der Waals surface area contributed by atoms with Crippen LogP contribution in [0.5, 0.6) is 0 Å². The summed E-state index contributed by atoms with van der Waals surface area (Å²) >= 11 is 3.20. The molecule has 0 aliphatic rings. The van der Waals surface area contributed by atoms with E-state index in [1.54, 1.807) is 12.1 Å². The second-order valence-corrected chi connectivity index (χ2v) is 6.57. The summed E-state index contributed by atoms with van der Waals surface area (Å²) in [6, 6.07) is 6.32. The molecule has 0 spiro atoms. The lowest BCUT2D eigenvalue weighted by Gasteiger charge is -2.09. The van der Waals surface area contributed by atoms with Gasteiger partial charge in [-0.05, 0) is 24.6 Å². The number of nitrogens with one attached hydrogen (secondary N) is 1. The average Bonchev–Trinajstić information content (AvgIpc) is 2.28. The molecule has 0 heterocycles. The molecule has 0 aromatic heterocycles. The van der Waals surface area contributed by atoms with E-state index in [4.69, 9.17) is 5.11 Å². The van der Waals surface area contributed by atoms with Crippen molar-refractivity contribution in [2.45, 2.75) is 18.2 Å². The molecule has 5 nitrogen and oxygen atoms in total. The lowest BCUT2D eigenvalue weighted by molar-refractivity contribution is -0.141. The van der Waals surface area contributed by atoms with E-state index in [1.165, 1.54) is 19.1 Å². The smallest absolute Gasteiger partial charge is 0.306 e. The van der Waals surface area contributed by atoms with Crippen molar-refractivity contribution < 1.29 is 18.3 Å². The van der Waals surface area contributed by atoms with Gasteiger partial charge >= 0.3 is 5.97 Å². The van der Waals surface area contributed by atoms with E-state index < -0.39 is 21.9 Å². The molecule has 0 aliphatic heterocycles. The third-order valence-corrected chi connectivity index (χ3v) is 4.35. The molecule has 0 amide bonds. The maximum Gasteiger partial charge on any atom is 0.306 e. The van der Waals surface area contributed by atoms with Crippen molar-refractivity contribution in [3.63, 3.8) is 0 Å². The Kier molecular flexibility index (Phi) is 5.30. The summed E-state index contributed by atoms with van der Waals surface area (Å²) in [4.78, 5) is 10.7. The number of carboxylic acid groups (broad SMARTS) is 1. The SMILES string of the molecule is CC(CCNS(=O)(=O)c1cccc(Br)c1)C(=O)O. The van der Waals surface area contributed by atoms with Crippen molar-refractivity contribution >= 4 is 31.9 Å². The molecule has 1 unspecified atom stereocenters. The first-order chi connectivity index (χ1) is 8.33. The summed E-state index contributed by atoms with van der Waals surface area (Å²) in [5, 5.41) is 8.68. The Morgan fingerprint density at radius 1 is 1.50 bits per heavy atom. The van der Waals surface area contributed by atoms with E-state index in [2.05, 4.69) is 20.7 Å². The van der Waals surface area contributed by atoms with Gasteiger partial charge in [-0.15, -0.1) is 0 Å². The number of sulfonamides is 1. The lowest BCUT2D eigenvalue weighted by atomic mass is 10.1. The second-order valence-electron chi connectivity index (χ2n) is 3.88. The fourth-order valence-corrected chi connectivity index (χ4v) is 2.89. The normalized spacial score (nSPS) is 13.2. The van der Waals surface area contributed by atoms with Gasteiger partial charge in [-0.1, -0.05) is 28.9 Å². The Hall–Kier alpha value is -0.920. The van der Waals surface area contributed by atoms with Crippen LogP contribution in [-0.2, 0) is 14.8 Å². The number of hydrogen-bond acceptors (Lipinski definition) is 3. The standard InChI is InChI=1S/C11H14BrNO4S/c1-8(11(14)15)5-6-13-18(16,17)10-4-2-3-9(12)7-10/h2-4,7-8,13H,5-6H2,1H3,(H,14,15). The fourth-order valence-electron chi connectivity index (χ4n) is 1.25. The molecule has 2 N–H and O–H groups in total. The first-order valence-corrected chi connectivity index (χ1v) is 7.58. The zero-order valence-corrected chi connectivity index (χ0v) is 12.2. The van der Waals surface area contributed by atoms with Crippen LogP contribution in [-0.4, -0.2) is 26.0 Å². The first-order valence-electron chi connectivity index (χ1n) is 5.31. The number of carboxylic acids is 1. The number of aliphatic carboxylic acids is 1. The molecule has 0 saturated heterocycles. The Labute approximate surface area is 114 Å². The maximum atomic E-state index is 11.9. The third-order valence-electron chi connectivity index (χ3n) is 2.40. The van der Waals surface area contributed by atoms with Crippen molar-refractivity contribution in [1.29, 1.82) is 0 Å². The summed E-state index contributed by atoms with van der Waals surface area (Å²) in [6.07, 6.45) is 0.253. The predicted molar refractivity (Wildman–Crippen MR) is 70.7 cm³/mol. The fraction of sp³-hybridized carbons (Fsp3) is 0.364. The van der Waals surface area contributed by atoms with Crippen LogP contribution in [0, 0.1) is 5.92 Å². The van der Waals surface area contributed by atoms with Crippen LogP contribution < -0.4 is 4.72 Å². The molecular formula is C11H14BrNO4S. The summed E-state index contributed by atoms with van der Waals surface area (Å²) < 4.78 is 26.8. The molecule has 1 rings (SSSR count). The lowest BCUT2D eigenvalue weighted by Crippen LogP contribution is -2.27. The Balaban J connectivity index is 2.64. The van der Waals surface area contributed by atoms with Crippen LogP contribution in [0.4, 0.5) is 0 Å². The highest BCUT2D eigenvalue weighted by Crippen LogP contribution is 2.15. The highest BCUT2D eigenvalue weighted by atomic mass is 79.9. The van der Waals surface area contributed by atoms with Gasteiger partial charge in [0.05, 0.1) is 10.8 Å². The van der Waals surface area contributed by atoms with Crippen molar-refractivity contribution in [1.82, 2.24) is 4.72 Å². The summed E-state index contributed by atoms with van der Waals surface area (Å²) in [7, 11) is -3.58. The van der Waals surface area contributed by atoms with Crippen LogP contribution in [0.1, 0.15) is 13.3 Å². The summed E-state index contributed by atoms with van der Waals surface area (Å²) in [5.74, 6) is -1.51. The molecular weight excluding hydrogens is 322 g/mol. The molecule has 0 radical (unpaired) electrons. The zero-order chi connectivity index (χ0) is 13.8. The molecule has 1 atom stereocenters. The monoisotopic (exact) mass is 335 g/mol. The molecule has 7 heteroatoms. The number of halogens is 1. The highest BCUT2D eigenvalue weighted by molar-refractivity contribution is 9.10. The van der Waals surface area contributed by atoms with Gasteiger partial charge in [-0.3, -0.25) is 4.79 Å². The molecule has 0 fully saturated rings. The second kappa shape index (κ2) is 6.31. The largest absolute Gasteiger partial charge is 0.481 e. The van der Waals surface area contributed by atoms with Gasteiger partial charge in [-0.2, -0.15) is 0 Å². The summed E-state index contributed by atoms with van der Waals surface area (Å²) in [6.45, 7) is 1.64. The van der Waals surface area contributed by atoms with Crippen LogP contribution >= 0.6 is 15.9 Å². The molecule has 1 aromatic rings. The van der Waals surface area contributed by atoms with E-state index in [0.29, 0.717) is 4.47 Å². The predicted octanol–water partition coefficient (Wildman–Crippen LogP) is 1.84. The van der Waals surface area contributed by atoms with Gasteiger partial charge in [0, 0.05) is 11.0 Å². The Bertz CT molecular complexity index is 530. The van der Waals surface area contributed by atoms with E-state index in [-0.39, 0.29) is 17.9 Å². The Morgan fingerprint density at radius 3 is 2.72 bits per heavy atom. The highest BCUT2D eigenvalue weighted by Gasteiger charge is 2.16. The topological polar surface area (TPSA) is 83.5 Å². The minimum absolute atomic E-state index is 0.0995.